The quantitative estimate of drug-likeness (QED) is 0.841. The third-order valence-electron chi connectivity index (χ3n) is 3.45. The van der Waals surface area contributed by atoms with Gasteiger partial charge in [0.05, 0.1) is 6.10 Å². The largest absolute Gasteiger partial charge is 0.481 e. The second-order valence-electron chi connectivity index (χ2n) is 4.86. The second-order valence-corrected chi connectivity index (χ2v) is 4.86. The van der Waals surface area contributed by atoms with Gasteiger partial charge in [-0.05, 0) is 19.1 Å². The summed E-state index contributed by atoms with van der Waals surface area (Å²) in [7, 11) is 0. The van der Waals surface area contributed by atoms with Gasteiger partial charge in [0, 0.05) is 19.6 Å². The third kappa shape index (κ3) is 3.46. The van der Waals surface area contributed by atoms with Crippen molar-refractivity contribution < 1.29 is 23.8 Å². The minimum atomic E-state index is -1.05. The molecule has 1 aromatic carbocycles. The fourth-order valence-corrected chi connectivity index (χ4v) is 2.01. The van der Waals surface area contributed by atoms with Crippen LogP contribution in [0.2, 0.25) is 0 Å². The molecule has 0 aromatic heterocycles. The molecule has 0 radical (unpaired) electrons. The van der Waals surface area contributed by atoms with Crippen LogP contribution in [-0.4, -0.2) is 42.5 Å². The molecule has 0 bridgehead atoms. The number of para-hydroxylation sites is 1. The average Bonchev–Trinajstić information content (AvgIpc) is 2.76. The van der Waals surface area contributed by atoms with Crippen LogP contribution in [0.25, 0.3) is 0 Å². The number of carbonyl (C=O) groups excluding carboxylic acids is 1. The first-order valence-corrected chi connectivity index (χ1v) is 6.49. The Bertz CT molecular complexity index is 482. The van der Waals surface area contributed by atoms with Gasteiger partial charge in [0.1, 0.15) is 5.60 Å². The maximum Gasteiger partial charge on any atom is 0.258 e. The highest BCUT2D eigenvalue weighted by molar-refractivity contribution is 5.77. The molecule has 1 heterocycles. The fourth-order valence-electron chi connectivity index (χ4n) is 2.01. The number of amides is 1. The van der Waals surface area contributed by atoms with Gasteiger partial charge in [-0.2, -0.15) is 0 Å². The SMILES string of the molecule is CC1OCCC1(O)CNC(=O)COc1ccccc1F. The van der Waals surface area contributed by atoms with Gasteiger partial charge in [0.2, 0.25) is 0 Å². The van der Waals surface area contributed by atoms with Gasteiger partial charge < -0.3 is 19.9 Å². The second kappa shape index (κ2) is 6.19. The van der Waals surface area contributed by atoms with Crippen LogP contribution < -0.4 is 10.1 Å². The highest BCUT2D eigenvalue weighted by atomic mass is 19.1. The first kappa shape index (κ1) is 14.7. The molecule has 1 aliphatic rings. The van der Waals surface area contributed by atoms with Crippen LogP contribution in [0.15, 0.2) is 24.3 Å². The maximum absolute atomic E-state index is 13.3. The van der Waals surface area contributed by atoms with E-state index in [1.165, 1.54) is 12.1 Å². The zero-order valence-electron chi connectivity index (χ0n) is 11.3. The summed E-state index contributed by atoms with van der Waals surface area (Å²) in [6.07, 6.45) is 0.151. The van der Waals surface area contributed by atoms with Crippen molar-refractivity contribution in [3.05, 3.63) is 30.1 Å². The van der Waals surface area contributed by atoms with Crippen LogP contribution in [0.3, 0.4) is 0 Å². The summed E-state index contributed by atoms with van der Waals surface area (Å²) in [5.74, 6) is -0.906. The van der Waals surface area contributed by atoms with Crippen LogP contribution in [0.5, 0.6) is 5.75 Å². The highest BCUT2D eigenvalue weighted by Gasteiger charge is 2.39. The summed E-state index contributed by atoms with van der Waals surface area (Å²) in [6, 6.07) is 5.87. The van der Waals surface area contributed by atoms with Crippen LogP contribution in [0.1, 0.15) is 13.3 Å². The summed E-state index contributed by atoms with van der Waals surface area (Å²) < 4.78 is 23.6. The van der Waals surface area contributed by atoms with Crippen molar-refractivity contribution in [1.82, 2.24) is 5.32 Å². The van der Waals surface area contributed by atoms with Gasteiger partial charge in [-0.3, -0.25) is 4.79 Å². The van der Waals surface area contributed by atoms with Crippen molar-refractivity contribution in [2.24, 2.45) is 0 Å². The van der Waals surface area contributed by atoms with E-state index in [-0.39, 0.29) is 25.0 Å². The van der Waals surface area contributed by atoms with Gasteiger partial charge in [-0.1, -0.05) is 12.1 Å². The van der Waals surface area contributed by atoms with Crippen molar-refractivity contribution in [3.8, 4) is 5.75 Å². The molecule has 1 saturated heterocycles. The summed E-state index contributed by atoms with van der Waals surface area (Å²) >= 11 is 0. The Hall–Kier alpha value is -1.66. The smallest absolute Gasteiger partial charge is 0.258 e. The highest BCUT2D eigenvalue weighted by Crippen LogP contribution is 2.24. The lowest BCUT2D eigenvalue weighted by Gasteiger charge is -2.26. The van der Waals surface area contributed by atoms with E-state index in [4.69, 9.17) is 9.47 Å². The van der Waals surface area contributed by atoms with E-state index < -0.39 is 17.3 Å². The predicted molar refractivity (Wildman–Crippen MR) is 69.9 cm³/mol. The zero-order chi connectivity index (χ0) is 14.6. The van der Waals surface area contributed by atoms with Gasteiger partial charge in [0.25, 0.3) is 5.91 Å². The number of rotatable bonds is 5. The molecule has 2 N–H and O–H groups in total. The predicted octanol–water partition coefficient (Wildman–Crippen LogP) is 0.861. The number of benzene rings is 1. The Morgan fingerprint density at radius 1 is 1.60 bits per heavy atom. The molecular weight excluding hydrogens is 265 g/mol. The molecule has 0 saturated carbocycles. The van der Waals surface area contributed by atoms with E-state index in [2.05, 4.69) is 5.32 Å². The summed E-state index contributed by atoms with van der Waals surface area (Å²) in [6.45, 7) is 2.02. The monoisotopic (exact) mass is 283 g/mol. The van der Waals surface area contributed by atoms with E-state index in [0.29, 0.717) is 13.0 Å². The Labute approximate surface area is 116 Å². The lowest BCUT2D eigenvalue weighted by Crippen LogP contribution is -2.48. The molecule has 5 nitrogen and oxygen atoms in total. The van der Waals surface area contributed by atoms with Crippen molar-refractivity contribution in [2.45, 2.75) is 25.0 Å². The Kier molecular flexibility index (Phi) is 4.57. The molecule has 2 unspecified atom stereocenters. The van der Waals surface area contributed by atoms with Crippen molar-refractivity contribution in [2.75, 3.05) is 19.8 Å². The first-order chi connectivity index (χ1) is 9.51. The molecule has 1 amide bonds. The minimum absolute atomic E-state index is 0.0268. The number of ether oxygens (including phenoxy) is 2. The van der Waals surface area contributed by atoms with E-state index >= 15 is 0 Å². The summed E-state index contributed by atoms with van der Waals surface area (Å²) in [5.41, 5.74) is -1.05. The Morgan fingerprint density at radius 3 is 3.00 bits per heavy atom. The lowest BCUT2D eigenvalue weighted by atomic mass is 9.97. The van der Waals surface area contributed by atoms with E-state index in [0.717, 1.165) is 0 Å². The lowest BCUT2D eigenvalue weighted by molar-refractivity contribution is -0.125. The molecule has 1 aromatic rings. The molecule has 2 atom stereocenters. The first-order valence-electron chi connectivity index (χ1n) is 6.49. The Balaban J connectivity index is 1.77. The van der Waals surface area contributed by atoms with E-state index in [1.54, 1.807) is 19.1 Å². The van der Waals surface area contributed by atoms with Crippen LogP contribution in [0, 0.1) is 5.82 Å². The van der Waals surface area contributed by atoms with Gasteiger partial charge in [-0.25, -0.2) is 4.39 Å². The molecule has 20 heavy (non-hydrogen) atoms. The summed E-state index contributed by atoms with van der Waals surface area (Å²) in [4.78, 5) is 11.6. The third-order valence-corrected chi connectivity index (χ3v) is 3.45. The summed E-state index contributed by atoms with van der Waals surface area (Å²) in [5, 5.41) is 12.8. The Morgan fingerprint density at radius 2 is 2.35 bits per heavy atom. The molecule has 6 heteroatoms. The van der Waals surface area contributed by atoms with Gasteiger partial charge in [-0.15, -0.1) is 0 Å². The van der Waals surface area contributed by atoms with Crippen LogP contribution in [-0.2, 0) is 9.53 Å². The van der Waals surface area contributed by atoms with Gasteiger partial charge in [0.15, 0.2) is 18.2 Å². The van der Waals surface area contributed by atoms with Gasteiger partial charge >= 0.3 is 0 Å². The molecule has 1 aliphatic heterocycles. The molecule has 110 valence electrons. The standard InChI is InChI=1S/C14H18FNO4/c1-10-14(18,6-7-19-10)9-16-13(17)8-20-12-5-3-2-4-11(12)15/h2-5,10,18H,6-9H2,1H3,(H,16,17). The maximum atomic E-state index is 13.3. The molecule has 1 fully saturated rings. The van der Waals surface area contributed by atoms with Crippen molar-refractivity contribution in [3.63, 3.8) is 0 Å². The molecular formula is C14H18FNO4. The van der Waals surface area contributed by atoms with Crippen LogP contribution >= 0.6 is 0 Å². The average molecular weight is 283 g/mol. The minimum Gasteiger partial charge on any atom is -0.481 e. The zero-order valence-corrected chi connectivity index (χ0v) is 11.3. The number of hydrogen-bond donors (Lipinski definition) is 2. The fraction of sp³-hybridized carbons (Fsp3) is 0.500. The number of carbonyl (C=O) groups is 1. The topological polar surface area (TPSA) is 67.8 Å². The molecule has 0 spiro atoms. The number of nitrogens with one attached hydrogen (secondary N) is 1. The van der Waals surface area contributed by atoms with Crippen molar-refractivity contribution in [1.29, 1.82) is 0 Å². The number of hydrogen-bond acceptors (Lipinski definition) is 4. The van der Waals surface area contributed by atoms with E-state index in [9.17, 15) is 14.3 Å². The molecule has 2 rings (SSSR count). The number of aliphatic hydroxyl groups is 1. The van der Waals surface area contributed by atoms with Crippen LogP contribution in [0.4, 0.5) is 4.39 Å². The number of halogens is 1. The van der Waals surface area contributed by atoms with Crippen molar-refractivity contribution >= 4 is 5.91 Å². The van der Waals surface area contributed by atoms with E-state index in [1.807, 2.05) is 0 Å². The molecule has 0 aliphatic carbocycles. The normalized spacial score (nSPS) is 25.4.